The Bertz CT molecular complexity index is 755. The van der Waals surface area contributed by atoms with Crippen LogP contribution in [0.2, 0.25) is 10.0 Å². The van der Waals surface area contributed by atoms with E-state index < -0.39 is 0 Å². The molecule has 0 saturated heterocycles. The number of rotatable bonds is 8. The van der Waals surface area contributed by atoms with E-state index in [1.807, 2.05) is 6.07 Å². The summed E-state index contributed by atoms with van der Waals surface area (Å²) in [4.78, 5) is 12.1. The Balaban J connectivity index is 1.95. The van der Waals surface area contributed by atoms with Crippen LogP contribution >= 0.6 is 23.2 Å². The molecule has 0 bridgehead atoms. The molecule has 2 rings (SSSR count). The molecule has 0 spiro atoms. The highest BCUT2D eigenvalue weighted by Gasteiger charge is 2.13. The van der Waals surface area contributed by atoms with Gasteiger partial charge in [-0.05, 0) is 41.8 Å². The Kier molecular flexibility index (Phi) is 7.42. The zero-order valence-corrected chi connectivity index (χ0v) is 16.4. The molecule has 0 atom stereocenters. The maximum Gasteiger partial charge on any atom is 0.220 e. The number of aryl methyl sites for hydroxylation is 1. The lowest BCUT2D eigenvalue weighted by Gasteiger charge is -2.14. The van der Waals surface area contributed by atoms with Crippen molar-refractivity contribution >= 4 is 29.1 Å². The molecule has 5 nitrogen and oxygen atoms in total. The number of benzene rings is 2. The third-order valence-corrected chi connectivity index (χ3v) is 4.58. The van der Waals surface area contributed by atoms with E-state index in [0.717, 1.165) is 11.1 Å². The fourth-order valence-electron chi connectivity index (χ4n) is 2.48. The minimum atomic E-state index is -0.0650. The molecule has 7 heteroatoms. The second-order valence-corrected chi connectivity index (χ2v) is 6.37. The van der Waals surface area contributed by atoms with Crippen molar-refractivity contribution in [3.8, 4) is 17.2 Å². The van der Waals surface area contributed by atoms with Crippen LogP contribution in [0.25, 0.3) is 0 Å². The fourth-order valence-corrected chi connectivity index (χ4v) is 2.80. The summed E-state index contributed by atoms with van der Waals surface area (Å²) in [5, 5.41) is 3.88. The first-order valence-electron chi connectivity index (χ1n) is 7.98. The van der Waals surface area contributed by atoms with Gasteiger partial charge in [-0.15, -0.1) is 0 Å². The third kappa shape index (κ3) is 5.19. The quantitative estimate of drug-likeness (QED) is 0.722. The molecular weight excluding hydrogens is 377 g/mol. The highest BCUT2D eigenvalue weighted by molar-refractivity contribution is 6.42. The smallest absolute Gasteiger partial charge is 0.220 e. The third-order valence-electron chi connectivity index (χ3n) is 3.84. The number of nitrogens with one attached hydrogen (secondary N) is 1. The highest BCUT2D eigenvalue weighted by atomic mass is 35.5. The summed E-state index contributed by atoms with van der Waals surface area (Å²) in [5.41, 5.74) is 1.81. The van der Waals surface area contributed by atoms with Crippen LogP contribution in [-0.2, 0) is 17.8 Å². The van der Waals surface area contributed by atoms with Gasteiger partial charge in [0.15, 0.2) is 11.5 Å². The zero-order chi connectivity index (χ0) is 19.1. The van der Waals surface area contributed by atoms with Crippen molar-refractivity contribution in [3.63, 3.8) is 0 Å². The monoisotopic (exact) mass is 397 g/mol. The lowest BCUT2D eigenvalue weighted by Crippen LogP contribution is -2.23. The van der Waals surface area contributed by atoms with Gasteiger partial charge in [0.25, 0.3) is 0 Å². The normalized spacial score (nSPS) is 10.3. The van der Waals surface area contributed by atoms with Crippen LogP contribution in [0.1, 0.15) is 17.5 Å². The number of halogens is 2. The molecule has 2 aromatic carbocycles. The van der Waals surface area contributed by atoms with Crippen molar-refractivity contribution in [1.82, 2.24) is 5.32 Å². The van der Waals surface area contributed by atoms with E-state index in [1.165, 1.54) is 0 Å². The summed E-state index contributed by atoms with van der Waals surface area (Å²) in [6.07, 6.45) is 0.931. The second kappa shape index (κ2) is 9.55. The number of carbonyl (C=O) groups is 1. The maximum absolute atomic E-state index is 12.1. The number of hydrogen-bond acceptors (Lipinski definition) is 4. The second-order valence-electron chi connectivity index (χ2n) is 5.56. The molecule has 0 aliphatic rings. The molecule has 0 aromatic heterocycles. The molecule has 2 aromatic rings. The summed E-state index contributed by atoms with van der Waals surface area (Å²) in [7, 11) is 4.65. The van der Waals surface area contributed by atoms with Gasteiger partial charge < -0.3 is 19.5 Å². The molecule has 1 N–H and O–H groups in total. The van der Waals surface area contributed by atoms with Crippen molar-refractivity contribution in [2.75, 3.05) is 21.3 Å². The summed E-state index contributed by atoms with van der Waals surface area (Å²) in [6.45, 7) is 0.358. The summed E-state index contributed by atoms with van der Waals surface area (Å²) < 4.78 is 15.9. The van der Waals surface area contributed by atoms with Gasteiger partial charge in [-0.1, -0.05) is 29.3 Å². The molecule has 0 aliphatic carbocycles. The molecule has 140 valence electrons. The molecule has 1 amide bonds. The highest BCUT2D eigenvalue weighted by Crippen LogP contribution is 2.38. The predicted molar refractivity (Wildman–Crippen MR) is 103 cm³/mol. The number of methoxy groups -OCH3 is 3. The number of amides is 1. The van der Waals surface area contributed by atoms with Crippen molar-refractivity contribution in [1.29, 1.82) is 0 Å². The molecule has 0 aliphatic heterocycles. The SMILES string of the molecule is COc1cc(CNC(=O)CCc2ccc(Cl)c(Cl)c2)cc(OC)c1OC. The molecule has 0 unspecified atom stereocenters. The Morgan fingerprint density at radius 2 is 1.58 bits per heavy atom. The predicted octanol–water partition coefficient (Wildman–Crippen LogP) is 4.27. The van der Waals surface area contributed by atoms with Gasteiger partial charge in [-0.2, -0.15) is 0 Å². The molecule has 26 heavy (non-hydrogen) atoms. The number of hydrogen-bond donors (Lipinski definition) is 1. The minimum Gasteiger partial charge on any atom is -0.493 e. The van der Waals surface area contributed by atoms with E-state index in [-0.39, 0.29) is 5.91 Å². The van der Waals surface area contributed by atoms with Crippen LogP contribution in [0.3, 0.4) is 0 Å². The van der Waals surface area contributed by atoms with Gasteiger partial charge in [0.1, 0.15) is 0 Å². The fraction of sp³-hybridized carbons (Fsp3) is 0.316. The van der Waals surface area contributed by atoms with Crippen LogP contribution in [-0.4, -0.2) is 27.2 Å². The molecular formula is C19H21Cl2NO4. The van der Waals surface area contributed by atoms with Crippen LogP contribution in [0, 0.1) is 0 Å². The molecule has 0 fully saturated rings. The van der Waals surface area contributed by atoms with Gasteiger partial charge in [-0.25, -0.2) is 0 Å². The molecule has 0 radical (unpaired) electrons. The van der Waals surface area contributed by atoms with E-state index in [2.05, 4.69) is 5.32 Å². The standard InChI is InChI=1S/C19H21Cl2NO4/c1-24-16-9-13(10-17(25-2)19(16)26-3)11-22-18(23)7-5-12-4-6-14(20)15(21)8-12/h4,6,8-10H,5,7,11H2,1-3H3,(H,22,23). The first-order valence-corrected chi connectivity index (χ1v) is 8.73. The summed E-state index contributed by atoms with van der Waals surface area (Å²) >= 11 is 11.9. The maximum atomic E-state index is 12.1. The zero-order valence-electron chi connectivity index (χ0n) is 14.9. The van der Waals surface area contributed by atoms with E-state index in [4.69, 9.17) is 37.4 Å². The van der Waals surface area contributed by atoms with Crippen LogP contribution in [0.15, 0.2) is 30.3 Å². The lowest BCUT2D eigenvalue weighted by molar-refractivity contribution is -0.121. The van der Waals surface area contributed by atoms with Gasteiger partial charge in [0.05, 0.1) is 31.4 Å². The Morgan fingerprint density at radius 3 is 2.12 bits per heavy atom. The van der Waals surface area contributed by atoms with Gasteiger partial charge in [0, 0.05) is 13.0 Å². The van der Waals surface area contributed by atoms with Crippen LogP contribution in [0.5, 0.6) is 17.2 Å². The van der Waals surface area contributed by atoms with Crippen molar-refractivity contribution in [3.05, 3.63) is 51.5 Å². The average Bonchev–Trinajstić information content (AvgIpc) is 2.66. The first-order chi connectivity index (χ1) is 12.5. The minimum absolute atomic E-state index is 0.0650. The van der Waals surface area contributed by atoms with Crippen molar-refractivity contribution in [2.45, 2.75) is 19.4 Å². The summed E-state index contributed by atoms with van der Waals surface area (Å²) in [5.74, 6) is 1.55. The van der Waals surface area contributed by atoms with Crippen molar-refractivity contribution in [2.24, 2.45) is 0 Å². The molecule has 0 heterocycles. The van der Waals surface area contributed by atoms with Crippen LogP contribution < -0.4 is 19.5 Å². The Labute approximate surface area is 163 Å². The lowest BCUT2D eigenvalue weighted by atomic mass is 10.1. The average molecular weight is 398 g/mol. The Hall–Kier alpha value is -2.11. The van der Waals surface area contributed by atoms with Gasteiger partial charge in [0.2, 0.25) is 11.7 Å². The largest absolute Gasteiger partial charge is 0.493 e. The number of ether oxygens (including phenoxy) is 3. The topological polar surface area (TPSA) is 56.8 Å². The van der Waals surface area contributed by atoms with Gasteiger partial charge >= 0.3 is 0 Å². The van der Waals surface area contributed by atoms with E-state index in [9.17, 15) is 4.79 Å². The summed E-state index contributed by atoms with van der Waals surface area (Å²) in [6, 6.07) is 8.98. The van der Waals surface area contributed by atoms with E-state index in [0.29, 0.717) is 46.7 Å². The van der Waals surface area contributed by atoms with Crippen LogP contribution in [0.4, 0.5) is 0 Å². The number of carbonyl (C=O) groups excluding carboxylic acids is 1. The van der Waals surface area contributed by atoms with Crippen molar-refractivity contribution < 1.29 is 19.0 Å². The molecule has 0 saturated carbocycles. The van der Waals surface area contributed by atoms with Gasteiger partial charge in [-0.3, -0.25) is 4.79 Å². The van der Waals surface area contributed by atoms with E-state index >= 15 is 0 Å². The first kappa shape index (κ1) is 20.2. The Morgan fingerprint density at radius 1 is 0.923 bits per heavy atom. The van der Waals surface area contributed by atoms with E-state index in [1.54, 1.807) is 45.6 Å².